The molecule has 0 radical (unpaired) electrons. The standard InChI is InChI=1S/C21H33N5O2.HI/c1-7-17-16(18(8-2)26(4)25-17)14-24-21(22-3)23-12-11-15-9-10-19(27-5)20(13-15)28-6;/h9-10,13H,7-8,11-12,14H2,1-6H3,(H2,22,23,24);1H. The van der Waals surface area contributed by atoms with Crippen LogP contribution in [0.3, 0.4) is 0 Å². The maximum absolute atomic E-state index is 5.37. The second kappa shape index (κ2) is 12.6. The fourth-order valence-corrected chi connectivity index (χ4v) is 3.35. The van der Waals surface area contributed by atoms with Crippen LogP contribution in [0.4, 0.5) is 0 Å². The van der Waals surface area contributed by atoms with Crippen LogP contribution in [0.1, 0.15) is 36.4 Å². The number of halogens is 1. The Balaban J connectivity index is 0.00000420. The first kappa shape index (κ1) is 25.1. The zero-order chi connectivity index (χ0) is 20.5. The van der Waals surface area contributed by atoms with Gasteiger partial charge in [-0.15, -0.1) is 24.0 Å². The third-order valence-corrected chi connectivity index (χ3v) is 4.84. The molecule has 0 unspecified atom stereocenters. The Bertz CT molecular complexity index is 805. The van der Waals surface area contributed by atoms with Crippen LogP contribution in [0.25, 0.3) is 0 Å². The molecule has 0 aliphatic rings. The number of guanidine groups is 1. The Hall–Kier alpha value is -1.97. The van der Waals surface area contributed by atoms with Crippen molar-refractivity contribution in [3.8, 4) is 11.5 Å². The van der Waals surface area contributed by atoms with Crippen molar-refractivity contribution in [1.29, 1.82) is 0 Å². The van der Waals surface area contributed by atoms with Gasteiger partial charge in [-0.05, 0) is 37.0 Å². The van der Waals surface area contributed by atoms with E-state index in [1.165, 1.54) is 16.8 Å². The number of hydrogen-bond acceptors (Lipinski definition) is 4. The molecule has 162 valence electrons. The minimum Gasteiger partial charge on any atom is -0.493 e. The molecule has 1 aromatic carbocycles. The summed E-state index contributed by atoms with van der Waals surface area (Å²) in [4.78, 5) is 4.34. The van der Waals surface area contributed by atoms with Crippen LogP contribution in [-0.4, -0.2) is 43.6 Å². The highest BCUT2D eigenvalue weighted by Crippen LogP contribution is 2.27. The number of nitrogens with one attached hydrogen (secondary N) is 2. The summed E-state index contributed by atoms with van der Waals surface area (Å²) in [6, 6.07) is 5.99. The molecule has 0 saturated carbocycles. The van der Waals surface area contributed by atoms with Gasteiger partial charge in [-0.2, -0.15) is 5.10 Å². The maximum Gasteiger partial charge on any atom is 0.191 e. The van der Waals surface area contributed by atoms with Gasteiger partial charge in [0.15, 0.2) is 17.5 Å². The van der Waals surface area contributed by atoms with E-state index >= 15 is 0 Å². The molecule has 0 fully saturated rings. The minimum atomic E-state index is 0. The number of aliphatic imine (C=N–C) groups is 1. The first-order chi connectivity index (χ1) is 13.6. The Morgan fingerprint density at radius 1 is 1.10 bits per heavy atom. The molecule has 0 spiro atoms. The van der Waals surface area contributed by atoms with E-state index < -0.39 is 0 Å². The number of benzene rings is 1. The molecule has 0 atom stereocenters. The van der Waals surface area contributed by atoms with E-state index in [1.54, 1.807) is 21.3 Å². The van der Waals surface area contributed by atoms with Crippen molar-refractivity contribution in [3.63, 3.8) is 0 Å². The van der Waals surface area contributed by atoms with E-state index in [0.717, 1.165) is 55.5 Å². The van der Waals surface area contributed by atoms with Gasteiger partial charge in [0.05, 0.1) is 19.9 Å². The van der Waals surface area contributed by atoms with Crippen LogP contribution in [-0.2, 0) is 32.9 Å². The lowest BCUT2D eigenvalue weighted by Crippen LogP contribution is -2.38. The molecular weight excluding hydrogens is 481 g/mol. The van der Waals surface area contributed by atoms with Gasteiger partial charge in [0, 0.05) is 38.4 Å². The van der Waals surface area contributed by atoms with Crippen LogP contribution >= 0.6 is 24.0 Å². The smallest absolute Gasteiger partial charge is 0.191 e. The fourth-order valence-electron chi connectivity index (χ4n) is 3.35. The normalized spacial score (nSPS) is 11.0. The Morgan fingerprint density at radius 3 is 2.41 bits per heavy atom. The van der Waals surface area contributed by atoms with Gasteiger partial charge in [-0.1, -0.05) is 19.9 Å². The van der Waals surface area contributed by atoms with Crippen molar-refractivity contribution in [2.24, 2.45) is 12.0 Å². The molecule has 29 heavy (non-hydrogen) atoms. The van der Waals surface area contributed by atoms with E-state index in [0.29, 0.717) is 0 Å². The quantitative estimate of drug-likeness (QED) is 0.305. The predicted molar refractivity (Wildman–Crippen MR) is 129 cm³/mol. The highest BCUT2D eigenvalue weighted by atomic mass is 127. The maximum atomic E-state index is 5.37. The molecule has 2 aromatic rings. The summed E-state index contributed by atoms with van der Waals surface area (Å²) in [5.74, 6) is 2.28. The Labute approximate surface area is 191 Å². The minimum absolute atomic E-state index is 0. The zero-order valence-corrected chi connectivity index (χ0v) is 20.7. The third kappa shape index (κ3) is 6.52. The third-order valence-electron chi connectivity index (χ3n) is 4.84. The average molecular weight is 515 g/mol. The lowest BCUT2D eigenvalue weighted by atomic mass is 10.1. The number of aryl methyl sites for hydroxylation is 2. The molecule has 8 heteroatoms. The molecule has 0 aliphatic heterocycles. The van der Waals surface area contributed by atoms with E-state index in [9.17, 15) is 0 Å². The molecule has 2 N–H and O–H groups in total. The summed E-state index contributed by atoms with van der Waals surface area (Å²) in [7, 11) is 7.10. The zero-order valence-electron chi connectivity index (χ0n) is 18.3. The van der Waals surface area contributed by atoms with E-state index in [4.69, 9.17) is 9.47 Å². The van der Waals surface area contributed by atoms with Crippen LogP contribution in [0, 0.1) is 0 Å². The van der Waals surface area contributed by atoms with Crippen molar-refractivity contribution >= 4 is 29.9 Å². The van der Waals surface area contributed by atoms with E-state index in [-0.39, 0.29) is 24.0 Å². The highest BCUT2D eigenvalue weighted by molar-refractivity contribution is 14.0. The Morgan fingerprint density at radius 2 is 1.83 bits per heavy atom. The summed E-state index contributed by atoms with van der Waals surface area (Å²) >= 11 is 0. The monoisotopic (exact) mass is 515 g/mol. The lowest BCUT2D eigenvalue weighted by Gasteiger charge is -2.14. The van der Waals surface area contributed by atoms with Crippen molar-refractivity contribution in [2.45, 2.75) is 39.7 Å². The van der Waals surface area contributed by atoms with E-state index in [2.05, 4.69) is 40.6 Å². The summed E-state index contributed by atoms with van der Waals surface area (Å²) < 4.78 is 12.6. The molecule has 2 rings (SSSR count). The van der Waals surface area contributed by atoms with Gasteiger partial charge in [-0.25, -0.2) is 0 Å². The molecule has 0 saturated heterocycles. The van der Waals surface area contributed by atoms with Crippen molar-refractivity contribution < 1.29 is 9.47 Å². The first-order valence-corrected chi connectivity index (χ1v) is 9.76. The largest absolute Gasteiger partial charge is 0.493 e. The summed E-state index contributed by atoms with van der Waals surface area (Å²) in [6.07, 6.45) is 2.75. The second-order valence-corrected chi connectivity index (χ2v) is 6.49. The van der Waals surface area contributed by atoms with Gasteiger partial charge in [-0.3, -0.25) is 9.67 Å². The number of aromatic nitrogens is 2. The van der Waals surface area contributed by atoms with Crippen molar-refractivity contribution in [1.82, 2.24) is 20.4 Å². The molecule has 1 heterocycles. The highest BCUT2D eigenvalue weighted by Gasteiger charge is 2.13. The lowest BCUT2D eigenvalue weighted by molar-refractivity contribution is 0.354. The number of rotatable bonds is 9. The number of hydrogen-bond donors (Lipinski definition) is 2. The van der Waals surface area contributed by atoms with Crippen LogP contribution in [0.2, 0.25) is 0 Å². The van der Waals surface area contributed by atoms with Gasteiger partial charge in [0.25, 0.3) is 0 Å². The molecular formula is C21H34IN5O2. The van der Waals surface area contributed by atoms with Gasteiger partial charge in [0.2, 0.25) is 0 Å². The Kier molecular flexibility index (Phi) is 10.9. The molecule has 0 amide bonds. The van der Waals surface area contributed by atoms with Gasteiger partial charge >= 0.3 is 0 Å². The molecule has 0 bridgehead atoms. The number of nitrogens with zero attached hydrogens (tertiary/aromatic N) is 3. The number of methoxy groups -OCH3 is 2. The molecule has 1 aromatic heterocycles. The van der Waals surface area contributed by atoms with Crippen LogP contribution in [0.5, 0.6) is 11.5 Å². The fraction of sp³-hybridized carbons (Fsp3) is 0.524. The van der Waals surface area contributed by atoms with Gasteiger partial charge in [0.1, 0.15) is 0 Å². The predicted octanol–water partition coefficient (Wildman–Crippen LogP) is 3.09. The second-order valence-electron chi connectivity index (χ2n) is 6.49. The summed E-state index contributed by atoms with van der Waals surface area (Å²) in [6.45, 7) is 5.79. The molecule has 0 aliphatic carbocycles. The molecule has 7 nitrogen and oxygen atoms in total. The van der Waals surface area contributed by atoms with Gasteiger partial charge < -0.3 is 20.1 Å². The van der Waals surface area contributed by atoms with Crippen LogP contribution in [0.15, 0.2) is 23.2 Å². The first-order valence-electron chi connectivity index (χ1n) is 9.76. The SMILES string of the molecule is CCc1nn(C)c(CC)c1CNC(=NC)NCCc1ccc(OC)c(OC)c1.I. The van der Waals surface area contributed by atoms with Crippen molar-refractivity contribution in [2.75, 3.05) is 27.8 Å². The topological polar surface area (TPSA) is 72.7 Å². The van der Waals surface area contributed by atoms with E-state index in [1.807, 2.05) is 23.9 Å². The summed E-state index contributed by atoms with van der Waals surface area (Å²) in [5, 5.41) is 11.4. The van der Waals surface area contributed by atoms with Crippen LogP contribution < -0.4 is 20.1 Å². The number of ether oxygens (including phenoxy) is 2. The van der Waals surface area contributed by atoms with Crippen molar-refractivity contribution in [3.05, 3.63) is 40.7 Å². The summed E-state index contributed by atoms with van der Waals surface area (Å²) in [5.41, 5.74) is 4.86. The average Bonchev–Trinajstić information content (AvgIpc) is 3.04.